The third kappa shape index (κ3) is 1.88. The van der Waals surface area contributed by atoms with Crippen molar-refractivity contribution < 1.29 is 0 Å². The summed E-state index contributed by atoms with van der Waals surface area (Å²) in [4.78, 5) is 24.2. The standard InChI is InChI=1S/C12H13ClN4O/c13-11-10-12(16-7-15-11)17(9(18)6-14-10)8-4-2-1-3-5-8/h6-8H,1-5H2. The van der Waals surface area contributed by atoms with Gasteiger partial charge in [0.1, 0.15) is 11.8 Å². The van der Waals surface area contributed by atoms with Crippen molar-refractivity contribution in [3.63, 3.8) is 0 Å². The van der Waals surface area contributed by atoms with Crippen molar-refractivity contribution in [3.8, 4) is 0 Å². The fourth-order valence-electron chi connectivity index (χ4n) is 2.61. The summed E-state index contributed by atoms with van der Waals surface area (Å²) in [5.74, 6) is 0. The molecule has 0 bridgehead atoms. The van der Waals surface area contributed by atoms with Crippen molar-refractivity contribution in [1.29, 1.82) is 0 Å². The van der Waals surface area contributed by atoms with Crippen molar-refractivity contribution in [2.75, 3.05) is 0 Å². The molecule has 1 saturated carbocycles. The summed E-state index contributed by atoms with van der Waals surface area (Å²) in [6, 6.07) is 0.211. The maximum Gasteiger partial charge on any atom is 0.270 e. The van der Waals surface area contributed by atoms with Gasteiger partial charge in [-0.05, 0) is 12.8 Å². The van der Waals surface area contributed by atoms with Gasteiger partial charge in [-0.25, -0.2) is 15.0 Å². The lowest BCUT2D eigenvalue weighted by Gasteiger charge is -2.24. The minimum atomic E-state index is -0.107. The van der Waals surface area contributed by atoms with E-state index in [0.29, 0.717) is 16.3 Å². The highest BCUT2D eigenvalue weighted by Crippen LogP contribution is 2.29. The SMILES string of the molecule is O=c1cnc2c(Cl)ncnc2n1C1CCCCC1. The van der Waals surface area contributed by atoms with Gasteiger partial charge in [-0.1, -0.05) is 30.9 Å². The third-order valence-corrected chi connectivity index (χ3v) is 3.74. The predicted molar refractivity (Wildman–Crippen MR) is 68.7 cm³/mol. The Morgan fingerprint density at radius 1 is 1.17 bits per heavy atom. The summed E-state index contributed by atoms with van der Waals surface area (Å²) < 4.78 is 1.73. The lowest BCUT2D eigenvalue weighted by molar-refractivity contribution is 0.352. The van der Waals surface area contributed by atoms with Crippen molar-refractivity contribution >= 4 is 22.8 Å². The van der Waals surface area contributed by atoms with Gasteiger partial charge in [-0.15, -0.1) is 0 Å². The first-order valence-corrected chi connectivity index (χ1v) is 6.53. The predicted octanol–water partition coefficient (Wildman–Crippen LogP) is 2.35. The Balaban J connectivity index is 2.23. The van der Waals surface area contributed by atoms with E-state index in [1.54, 1.807) is 4.57 Å². The van der Waals surface area contributed by atoms with Crippen LogP contribution in [0.15, 0.2) is 17.3 Å². The summed E-state index contributed by atoms with van der Waals surface area (Å²) in [7, 11) is 0. The molecule has 0 aliphatic heterocycles. The zero-order valence-electron chi connectivity index (χ0n) is 9.84. The van der Waals surface area contributed by atoms with Crippen LogP contribution in [0.4, 0.5) is 0 Å². The number of halogens is 1. The van der Waals surface area contributed by atoms with E-state index in [-0.39, 0.29) is 11.6 Å². The number of rotatable bonds is 1. The van der Waals surface area contributed by atoms with Crippen LogP contribution in [-0.2, 0) is 0 Å². The van der Waals surface area contributed by atoms with Crippen LogP contribution in [0.3, 0.4) is 0 Å². The second kappa shape index (κ2) is 4.65. The van der Waals surface area contributed by atoms with E-state index in [9.17, 15) is 4.79 Å². The molecule has 0 unspecified atom stereocenters. The first-order valence-electron chi connectivity index (χ1n) is 6.15. The molecule has 18 heavy (non-hydrogen) atoms. The van der Waals surface area contributed by atoms with E-state index in [1.165, 1.54) is 18.9 Å². The average molecular weight is 265 g/mol. The van der Waals surface area contributed by atoms with Crippen LogP contribution in [0.1, 0.15) is 38.1 Å². The van der Waals surface area contributed by atoms with E-state index < -0.39 is 0 Å². The fourth-order valence-corrected chi connectivity index (χ4v) is 2.79. The topological polar surface area (TPSA) is 60.7 Å². The van der Waals surface area contributed by atoms with Crippen molar-refractivity contribution in [3.05, 3.63) is 28.0 Å². The molecule has 0 saturated heterocycles. The van der Waals surface area contributed by atoms with E-state index >= 15 is 0 Å². The Bertz CT molecular complexity index is 634. The van der Waals surface area contributed by atoms with Gasteiger partial charge >= 0.3 is 0 Å². The van der Waals surface area contributed by atoms with Crippen LogP contribution >= 0.6 is 11.6 Å². The number of nitrogens with zero attached hydrogens (tertiary/aromatic N) is 4. The molecule has 1 aliphatic rings. The molecule has 0 amide bonds. The first kappa shape index (κ1) is 11.6. The second-order valence-electron chi connectivity index (χ2n) is 4.59. The zero-order valence-corrected chi connectivity index (χ0v) is 10.6. The van der Waals surface area contributed by atoms with Crippen molar-refractivity contribution in [1.82, 2.24) is 19.5 Å². The lowest BCUT2D eigenvalue weighted by Crippen LogP contribution is -2.27. The Morgan fingerprint density at radius 2 is 1.94 bits per heavy atom. The molecule has 1 aliphatic carbocycles. The number of fused-ring (bicyclic) bond motifs is 1. The monoisotopic (exact) mass is 264 g/mol. The Morgan fingerprint density at radius 3 is 2.72 bits per heavy atom. The quantitative estimate of drug-likeness (QED) is 0.742. The van der Waals surface area contributed by atoms with Crippen LogP contribution < -0.4 is 5.56 Å². The summed E-state index contributed by atoms with van der Waals surface area (Å²) in [6.07, 6.45) is 8.27. The maximum absolute atomic E-state index is 12.0. The molecule has 1 fully saturated rings. The lowest BCUT2D eigenvalue weighted by atomic mass is 9.95. The molecule has 2 aromatic heterocycles. The van der Waals surface area contributed by atoms with Crippen molar-refractivity contribution in [2.24, 2.45) is 0 Å². The maximum atomic E-state index is 12.0. The molecule has 6 heteroatoms. The molecule has 2 heterocycles. The third-order valence-electron chi connectivity index (χ3n) is 3.47. The molecular weight excluding hydrogens is 252 g/mol. The molecule has 0 N–H and O–H groups in total. The molecular formula is C12H13ClN4O. The van der Waals surface area contributed by atoms with Gasteiger partial charge in [-0.3, -0.25) is 9.36 Å². The van der Waals surface area contributed by atoms with E-state index in [2.05, 4.69) is 15.0 Å². The zero-order chi connectivity index (χ0) is 12.5. The van der Waals surface area contributed by atoms with Crippen molar-refractivity contribution in [2.45, 2.75) is 38.1 Å². The van der Waals surface area contributed by atoms with Gasteiger partial charge in [-0.2, -0.15) is 0 Å². The van der Waals surface area contributed by atoms with Gasteiger partial charge in [0, 0.05) is 6.04 Å². The minimum absolute atomic E-state index is 0.107. The fraction of sp³-hybridized carbons (Fsp3) is 0.500. The number of aromatic nitrogens is 4. The molecule has 94 valence electrons. The summed E-state index contributed by atoms with van der Waals surface area (Å²) >= 11 is 5.99. The van der Waals surface area contributed by atoms with E-state index in [1.807, 2.05) is 0 Å². The normalized spacial score (nSPS) is 17.2. The van der Waals surface area contributed by atoms with Crippen LogP contribution in [0, 0.1) is 0 Å². The van der Waals surface area contributed by atoms with Gasteiger partial charge in [0.05, 0.1) is 6.20 Å². The highest BCUT2D eigenvalue weighted by Gasteiger charge is 2.20. The average Bonchev–Trinajstić information content (AvgIpc) is 2.40. The van der Waals surface area contributed by atoms with Crippen LogP contribution in [0.2, 0.25) is 5.15 Å². The molecule has 3 rings (SSSR count). The molecule has 2 aromatic rings. The molecule has 0 spiro atoms. The van der Waals surface area contributed by atoms with E-state index in [0.717, 1.165) is 25.7 Å². The Kier molecular flexibility index (Phi) is 2.99. The Labute approximate surface area is 109 Å². The van der Waals surface area contributed by atoms with Crippen LogP contribution in [-0.4, -0.2) is 19.5 Å². The molecule has 5 nitrogen and oxygen atoms in total. The van der Waals surface area contributed by atoms with Gasteiger partial charge < -0.3 is 0 Å². The van der Waals surface area contributed by atoms with Gasteiger partial charge in [0.2, 0.25) is 0 Å². The second-order valence-corrected chi connectivity index (χ2v) is 4.95. The van der Waals surface area contributed by atoms with Crippen LogP contribution in [0.25, 0.3) is 11.2 Å². The molecule has 0 radical (unpaired) electrons. The highest BCUT2D eigenvalue weighted by atomic mass is 35.5. The Hall–Kier alpha value is -1.49. The van der Waals surface area contributed by atoms with Gasteiger partial charge in [0.15, 0.2) is 10.8 Å². The highest BCUT2D eigenvalue weighted by molar-refractivity contribution is 6.33. The number of hydrogen-bond donors (Lipinski definition) is 0. The smallest absolute Gasteiger partial charge is 0.270 e. The molecule has 0 atom stereocenters. The first-order chi connectivity index (χ1) is 8.77. The molecule has 0 aromatic carbocycles. The van der Waals surface area contributed by atoms with Crippen LogP contribution in [0.5, 0.6) is 0 Å². The van der Waals surface area contributed by atoms with Gasteiger partial charge in [0.25, 0.3) is 5.56 Å². The summed E-state index contributed by atoms with van der Waals surface area (Å²) in [5.41, 5.74) is 0.947. The summed E-state index contributed by atoms with van der Waals surface area (Å²) in [6.45, 7) is 0. The minimum Gasteiger partial charge on any atom is -0.287 e. The largest absolute Gasteiger partial charge is 0.287 e. The summed E-state index contributed by atoms with van der Waals surface area (Å²) in [5, 5.41) is 0.296. The number of hydrogen-bond acceptors (Lipinski definition) is 4. The van der Waals surface area contributed by atoms with E-state index in [4.69, 9.17) is 11.6 Å².